The molecule has 0 bridgehead atoms. The molecular weight excluding hydrogens is 333 g/mol. The van der Waals surface area contributed by atoms with E-state index in [4.69, 9.17) is 5.73 Å². The number of thiazole rings is 1. The quantitative estimate of drug-likeness (QED) is 0.663. The minimum atomic E-state index is 0.725. The van der Waals surface area contributed by atoms with Gasteiger partial charge in [-0.3, -0.25) is 0 Å². The van der Waals surface area contributed by atoms with Gasteiger partial charge in [-0.15, -0.1) is 11.3 Å². The first-order valence-corrected chi connectivity index (χ1v) is 6.81. The highest BCUT2D eigenvalue weighted by molar-refractivity contribution is 14.1. The van der Waals surface area contributed by atoms with Crippen LogP contribution in [0.3, 0.4) is 0 Å². The highest BCUT2D eigenvalue weighted by Gasteiger charge is 2.01. The van der Waals surface area contributed by atoms with E-state index in [0.717, 1.165) is 32.2 Å². The summed E-state index contributed by atoms with van der Waals surface area (Å²) in [7, 11) is 0. The van der Waals surface area contributed by atoms with Gasteiger partial charge in [-0.25, -0.2) is 4.98 Å². The maximum absolute atomic E-state index is 5.91. The Hall–Kier alpha value is -0.820. The standard InChI is InChI=1S/C11H12IN3S/c1-7-6-16-11(15-7)5-14-10-3-2-8(12)4-9(10)13/h2-4,6,14H,5,13H2,1H3. The molecule has 0 saturated heterocycles. The Balaban J connectivity index is 2.04. The smallest absolute Gasteiger partial charge is 0.112 e. The fourth-order valence-electron chi connectivity index (χ4n) is 1.35. The number of nitrogen functional groups attached to an aromatic ring is 1. The highest BCUT2D eigenvalue weighted by Crippen LogP contribution is 2.22. The molecule has 3 N–H and O–H groups in total. The van der Waals surface area contributed by atoms with Gasteiger partial charge in [-0.1, -0.05) is 0 Å². The maximum atomic E-state index is 5.91. The zero-order chi connectivity index (χ0) is 11.5. The average molecular weight is 345 g/mol. The van der Waals surface area contributed by atoms with Gasteiger partial charge in [0.15, 0.2) is 0 Å². The Morgan fingerprint density at radius 3 is 2.94 bits per heavy atom. The van der Waals surface area contributed by atoms with E-state index >= 15 is 0 Å². The van der Waals surface area contributed by atoms with E-state index in [2.05, 4.69) is 32.9 Å². The molecule has 0 atom stereocenters. The SMILES string of the molecule is Cc1csc(CNc2ccc(I)cc2N)n1. The molecule has 0 aliphatic rings. The third-order valence-corrected chi connectivity index (χ3v) is 3.75. The average Bonchev–Trinajstić information content (AvgIpc) is 2.63. The molecular formula is C11H12IN3S. The fourth-order valence-corrected chi connectivity index (χ4v) is 2.58. The van der Waals surface area contributed by atoms with Gasteiger partial charge >= 0.3 is 0 Å². The fraction of sp³-hybridized carbons (Fsp3) is 0.182. The zero-order valence-electron chi connectivity index (χ0n) is 8.83. The monoisotopic (exact) mass is 345 g/mol. The lowest BCUT2D eigenvalue weighted by Crippen LogP contribution is -2.02. The minimum Gasteiger partial charge on any atom is -0.397 e. The van der Waals surface area contributed by atoms with Gasteiger partial charge in [-0.05, 0) is 47.7 Å². The molecule has 2 rings (SSSR count). The van der Waals surface area contributed by atoms with Gasteiger partial charge in [0, 0.05) is 14.6 Å². The highest BCUT2D eigenvalue weighted by atomic mass is 127. The van der Waals surface area contributed by atoms with Crippen LogP contribution in [0.15, 0.2) is 23.6 Å². The van der Waals surface area contributed by atoms with Gasteiger partial charge in [0.05, 0.1) is 17.9 Å². The van der Waals surface area contributed by atoms with Gasteiger partial charge in [0.2, 0.25) is 0 Å². The summed E-state index contributed by atoms with van der Waals surface area (Å²) in [5.41, 5.74) is 8.72. The Bertz CT molecular complexity index is 496. The Kier molecular flexibility index (Phi) is 3.65. The van der Waals surface area contributed by atoms with E-state index in [1.807, 2.05) is 30.5 Å². The van der Waals surface area contributed by atoms with Crippen molar-refractivity contribution in [1.29, 1.82) is 0 Å². The van der Waals surface area contributed by atoms with Crippen LogP contribution in [0, 0.1) is 10.5 Å². The Labute approximate surface area is 112 Å². The number of anilines is 2. The van der Waals surface area contributed by atoms with Crippen molar-refractivity contribution in [3.05, 3.63) is 37.9 Å². The van der Waals surface area contributed by atoms with Crippen LogP contribution in [0.4, 0.5) is 11.4 Å². The summed E-state index contributed by atoms with van der Waals surface area (Å²) >= 11 is 3.91. The van der Waals surface area contributed by atoms with Gasteiger partial charge in [0.1, 0.15) is 5.01 Å². The molecule has 0 aliphatic heterocycles. The lowest BCUT2D eigenvalue weighted by atomic mass is 10.3. The number of benzene rings is 1. The largest absolute Gasteiger partial charge is 0.397 e. The molecule has 1 aromatic carbocycles. The molecule has 0 spiro atoms. The van der Waals surface area contributed by atoms with E-state index in [-0.39, 0.29) is 0 Å². The summed E-state index contributed by atoms with van der Waals surface area (Å²) in [4.78, 5) is 4.39. The van der Waals surface area contributed by atoms with Crippen molar-refractivity contribution in [3.63, 3.8) is 0 Å². The number of aromatic nitrogens is 1. The number of nitrogens with two attached hydrogens (primary N) is 1. The topological polar surface area (TPSA) is 50.9 Å². The van der Waals surface area contributed by atoms with Crippen molar-refractivity contribution < 1.29 is 0 Å². The summed E-state index contributed by atoms with van der Waals surface area (Å²) in [6, 6.07) is 5.99. The molecule has 1 heterocycles. The number of hydrogen-bond donors (Lipinski definition) is 2. The number of halogens is 1. The molecule has 2 aromatic rings. The maximum Gasteiger partial charge on any atom is 0.112 e. The van der Waals surface area contributed by atoms with Gasteiger partial charge in [0.25, 0.3) is 0 Å². The van der Waals surface area contributed by atoms with Gasteiger partial charge in [-0.2, -0.15) is 0 Å². The number of hydrogen-bond acceptors (Lipinski definition) is 4. The second-order valence-electron chi connectivity index (χ2n) is 3.47. The molecule has 0 saturated carbocycles. The summed E-state index contributed by atoms with van der Waals surface area (Å²) in [5.74, 6) is 0. The van der Waals surface area contributed by atoms with E-state index < -0.39 is 0 Å². The summed E-state index contributed by atoms with van der Waals surface area (Å²) in [6.45, 7) is 2.72. The van der Waals surface area contributed by atoms with E-state index in [1.54, 1.807) is 11.3 Å². The van der Waals surface area contributed by atoms with Crippen molar-refractivity contribution in [1.82, 2.24) is 4.98 Å². The minimum absolute atomic E-state index is 0.725. The molecule has 84 valence electrons. The van der Waals surface area contributed by atoms with Crippen molar-refractivity contribution in [2.24, 2.45) is 0 Å². The third kappa shape index (κ3) is 2.85. The van der Waals surface area contributed by atoms with Crippen molar-refractivity contribution in [2.75, 3.05) is 11.1 Å². The molecule has 16 heavy (non-hydrogen) atoms. The van der Waals surface area contributed by atoms with Crippen molar-refractivity contribution >= 4 is 45.3 Å². The van der Waals surface area contributed by atoms with Gasteiger partial charge < -0.3 is 11.1 Å². The van der Waals surface area contributed by atoms with E-state index in [9.17, 15) is 0 Å². The van der Waals surface area contributed by atoms with Crippen LogP contribution < -0.4 is 11.1 Å². The summed E-state index contributed by atoms with van der Waals surface area (Å²) in [6.07, 6.45) is 0. The predicted octanol–water partition coefficient (Wildman–Crippen LogP) is 3.25. The van der Waals surface area contributed by atoms with E-state index in [0.29, 0.717) is 0 Å². The first-order chi connectivity index (χ1) is 7.65. The zero-order valence-corrected chi connectivity index (χ0v) is 11.8. The molecule has 0 amide bonds. The normalized spacial score (nSPS) is 10.4. The van der Waals surface area contributed by atoms with Crippen LogP contribution in [0.25, 0.3) is 0 Å². The third-order valence-electron chi connectivity index (χ3n) is 2.11. The molecule has 1 aromatic heterocycles. The lowest BCUT2D eigenvalue weighted by molar-refractivity contribution is 1.08. The molecule has 0 unspecified atom stereocenters. The van der Waals surface area contributed by atoms with E-state index in [1.165, 1.54) is 0 Å². The second-order valence-corrected chi connectivity index (χ2v) is 5.66. The van der Waals surface area contributed by atoms with Crippen LogP contribution in [0.2, 0.25) is 0 Å². The Morgan fingerprint density at radius 1 is 1.50 bits per heavy atom. The van der Waals surface area contributed by atoms with Crippen molar-refractivity contribution in [3.8, 4) is 0 Å². The van der Waals surface area contributed by atoms with Crippen molar-refractivity contribution in [2.45, 2.75) is 13.5 Å². The molecule has 0 aliphatic carbocycles. The molecule has 5 heteroatoms. The molecule has 0 fully saturated rings. The Morgan fingerprint density at radius 2 is 2.31 bits per heavy atom. The van der Waals surface area contributed by atoms with Crippen LogP contribution in [-0.4, -0.2) is 4.98 Å². The first-order valence-electron chi connectivity index (χ1n) is 4.85. The summed E-state index contributed by atoms with van der Waals surface area (Å²) in [5, 5.41) is 6.42. The summed E-state index contributed by atoms with van der Waals surface area (Å²) < 4.78 is 1.14. The van der Waals surface area contributed by atoms with Crippen LogP contribution >= 0.6 is 33.9 Å². The van der Waals surface area contributed by atoms with Crippen LogP contribution in [0.5, 0.6) is 0 Å². The lowest BCUT2D eigenvalue weighted by Gasteiger charge is -2.07. The molecule has 0 radical (unpaired) electrons. The second kappa shape index (κ2) is 5.01. The van der Waals surface area contributed by atoms with Crippen LogP contribution in [0.1, 0.15) is 10.7 Å². The van der Waals surface area contributed by atoms with Crippen LogP contribution in [-0.2, 0) is 6.54 Å². The number of nitrogens with zero attached hydrogens (tertiary/aromatic N) is 1. The number of nitrogens with one attached hydrogen (secondary N) is 1. The predicted molar refractivity (Wildman–Crippen MR) is 77.7 cm³/mol. The number of aryl methyl sites for hydroxylation is 1. The molecule has 3 nitrogen and oxygen atoms in total. The first kappa shape index (κ1) is 11.7. The number of rotatable bonds is 3.